The van der Waals surface area contributed by atoms with E-state index in [0.717, 1.165) is 23.8 Å². The Balaban J connectivity index is 1.48. The number of aliphatic carboxylic acids is 1. The topological polar surface area (TPSA) is 85.2 Å². The van der Waals surface area contributed by atoms with Gasteiger partial charge in [0.25, 0.3) is 0 Å². The molecule has 2 atom stereocenters. The summed E-state index contributed by atoms with van der Waals surface area (Å²) in [5.41, 5.74) is -1.58. The number of ether oxygens (including phenoxy) is 3. The molecule has 11 heteroatoms. The second-order valence-electron chi connectivity index (χ2n) is 10.9. The van der Waals surface area contributed by atoms with Gasteiger partial charge in [-0.15, -0.1) is 0 Å². The standard InChI is InChI=1S/C30H27F5O6/c1-29(2,38)14-40-28-22(31)9-15(10-23(28)32)27-20-6-8-24(19(20)5-7-21(27)30(33,34)35)41-17-3-4-18-16(11-26(36)37)13-39-25(18)12-17/h3-5,7,9-10,12,16,24,38H,6,8,11,13-14H2,1-2H3,(H,36,37)/t16-,24-/m1/s1. The van der Waals surface area contributed by atoms with Crippen molar-refractivity contribution in [3.05, 3.63) is 76.4 Å². The molecular formula is C30H27F5O6. The van der Waals surface area contributed by atoms with Crippen molar-refractivity contribution in [1.82, 2.24) is 0 Å². The summed E-state index contributed by atoms with van der Waals surface area (Å²) >= 11 is 0. The number of carbonyl (C=O) groups is 1. The Morgan fingerprint density at radius 2 is 1.73 bits per heavy atom. The summed E-state index contributed by atoms with van der Waals surface area (Å²) in [6, 6.07) is 8.79. The fraction of sp³-hybridized carbons (Fsp3) is 0.367. The van der Waals surface area contributed by atoms with Gasteiger partial charge in [0.2, 0.25) is 0 Å². The molecule has 1 aliphatic carbocycles. The highest BCUT2D eigenvalue weighted by Crippen LogP contribution is 2.47. The quantitative estimate of drug-likeness (QED) is 0.286. The number of hydrogen-bond donors (Lipinski definition) is 2. The first kappa shape index (κ1) is 28.7. The monoisotopic (exact) mass is 578 g/mol. The van der Waals surface area contributed by atoms with Crippen LogP contribution in [0.5, 0.6) is 17.2 Å². The van der Waals surface area contributed by atoms with E-state index in [2.05, 4.69) is 0 Å². The molecule has 218 valence electrons. The third kappa shape index (κ3) is 5.95. The number of aliphatic hydroxyl groups is 1. The maximum absolute atomic E-state index is 14.9. The van der Waals surface area contributed by atoms with Crippen molar-refractivity contribution in [2.75, 3.05) is 13.2 Å². The van der Waals surface area contributed by atoms with Crippen LogP contribution in [0.2, 0.25) is 0 Å². The van der Waals surface area contributed by atoms with Crippen LogP contribution in [-0.2, 0) is 17.4 Å². The van der Waals surface area contributed by atoms with Crippen molar-refractivity contribution >= 4 is 5.97 Å². The molecule has 0 bridgehead atoms. The summed E-state index contributed by atoms with van der Waals surface area (Å²) in [5.74, 6) is -3.54. The molecule has 0 saturated carbocycles. The van der Waals surface area contributed by atoms with E-state index in [0.29, 0.717) is 23.5 Å². The lowest BCUT2D eigenvalue weighted by Gasteiger charge is -2.21. The first-order chi connectivity index (χ1) is 19.2. The van der Waals surface area contributed by atoms with Gasteiger partial charge in [-0.25, -0.2) is 8.78 Å². The van der Waals surface area contributed by atoms with Gasteiger partial charge in [0.05, 0.1) is 24.2 Å². The van der Waals surface area contributed by atoms with E-state index in [4.69, 9.17) is 19.3 Å². The van der Waals surface area contributed by atoms with E-state index in [1.807, 2.05) is 0 Å². The molecule has 0 radical (unpaired) electrons. The largest absolute Gasteiger partial charge is 0.492 e. The highest BCUT2D eigenvalue weighted by Gasteiger charge is 2.39. The van der Waals surface area contributed by atoms with Gasteiger partial charge in [0.15, 0.2) is 17.4 Å². The predicted octanol–water partition coefficient (Wildman–Crippen LogP) is 6.82. The first-order valence-electron chi connectivity index (χ1n) is 12.9. The normalized spacial score (nSPS) is 18.0. The second-order valence-corrected chi connectivity index (χ2v) is 10.9. The van der Waals surface area contributed by atoms with Gasteiger partial charge >= 0.3 is 12.1 Å². The minimum absolute atomic E-state index is 0.0821. The Bertz CT molecular complexity index is 1470. The van der Waals surface area contributed by atoms with E-state index in [1.165, 1.54) is 19.9 Å². The first-order valence-corrected chi connectivity index (χ1v) is 12.9. The van der Waals surface area contributed by atoms with E-state index in [-0.39, 0.29) is 42.1 Å². The molecule has 2 aliphatic rings. The van der Waals surface area contributed by atoms with Crippen LogP contribution < -0.4 is 14.2 Å². The van der Waals surface area contributed by atoms with Crippen LogP contribution in [0.25, 0.3) is 11.1 Å². The number of alkyl halides is 3. The lowest BCUT2D eigenvalue weighted by atomic mass is 9.91. The SMILES string of the molecule is CC(C)(O)COc1c(F)cc(-c2c(C(F)(F)F)ccc3c2CC[C@H]3Oc2ccc3c(c2)OC[C@H]3CC(=O)O)cc1F. The Morgan fingerprint density at radius 3 is 2.37 bits per heavy atom. The maximum Gasteiger partial charge on any atom is 0.417 e. The van der Waals surface area contributed by atoms with Crippen LogP contribution in [0.1, 0.15) is 61.0 Å². The van der Waals surface area contributed by atoms with Crippen molar-refractivity contribution in [2.45, 2.75) is 56.9 Å². The Labute approximate surface area is 232 Å². The highest BCUT2D eigenvalue weighted by atomic mass is 19.4. The molecule has 1 heterocycles. The van der Waals surface area contributed by atoms with Crippen LogP contribution >= 0.6 is 0 Å². The fourth-order valence-electron chi connectivity index (χ4n) is 5.32. The third-order valence-electron chi connectivity index (χ3n) is 7.08. The van der Waals surface area contributed by atoms with Gasteiger partial charge in [-0.2, -0.15) is 13.2 Å². The second kappa shape index (κ2) is 10.5. The zero-order valence-electron chi connectivity index (χ0n) is 22.1. The molecule has 41 heavy (non-hydrogen) atoms. The van der Waals surface area contributed by atoms with E-state index < -0.39 is 53.4 Å². The molecule has 0 unspecified atom stereocenters. The fourth-order valence-corrected chi connectivity index (χ4v) is 5.32. The Kier molecular flexibility index (Phi) is 7.35. The summed E-state index contributed by atoms with van der Waals surface area (Å²) < 4.78 is 88.9. The van der Waals surface area contributed by atoms with E-state index in [9.17, 15) is 31.9 Å². The summed E-state index contributed by atoms with van der Waals surface area (Å²) in [6.45, 7) is 2.55. The average molecular weight is 579 g/mol. The molecule has 0 aromatic heterocycles. The number of carboxylic acids is 1. The van der Waals surface area contributed by atoms with Gasteiger partial charge in [-0.1, -0.05) is 12.1 Å². The third-order valence-corrected chi connectivity index (χ3v) is 7.08. The van der Waals surface area contributed by atoms with Crippen LogP contribution in [0.4, 0.5) is 22.0 Å². The number of benzene rings is 3. The maximum atomic E-state index is 14.9. The average Bonchev–Trinajstić information content (AvgIpc) is 3.45. The molecule has 0 amide bonds. The summed E-state index contributed by atoms with van der Waals surface area (Å²) in [4.78, 5) is 11.1. The molecular weight excluding hydrogens is 551 g/mol. The van der Waals surface area contributed by atoms with Crippen molar-refractivity contribution in [1.29, 1.82) is 0 Å². The number of carboxylic acid groups (broad SMARTS) is 1. The molecule has 2 N–H and O–H groups in total. The number of halogens is 5. The van der Waals surface area contributed by atoms with Crippen molar-refractivity contribution < 1.29 is 51.2 Å². The molecule has 1 aliphatic heterocycles. The number of rotatable bonds is 8. The summed E-state index contributed by atoms with van der Waals surface area (Å²) in [5, 5.41) is 18.9. The van der Waals surface area contributed by atoms with Gasteiger partial charge in [0, 0.05) is 17.5 Å². The van der Waals surface area contributed by atoms with Gasteiger partial charge in [-0.3, -0.25) is 4.79 Å². The van der Waals surface area contributed by atoms with Gasteiger partial charge in [-0.05, 0) is 73.2 Å². The predicted molar refractivity (Wildman–Crippen MR) is 137 cm³/mol. The van der Waals surface area contributed by atoms with Crippen molar-refractivity contribution in [3.8, 4) is 28.4 Å². The van der Waals surface area contributed by atoms with Crippen LogP contribution in [0.3, 0.4) is 0 Å². The lowest BCUT2D eigenvalue weighted by molar-refractivity contribution is -0.138. The Hall–Kier alpha value is -3.86. The summed E-state index contributed by atoms with van der Waals surface area (Å²) in [6.07, 6.45) is -5.02. The highest BCUT2D eigenvalue weighted by molar-refractivity contribution is 5.75. The molecule has 0 spiro atoms. The van der Waals surface area contributed by atoms with Crippen LogP contribution in [-0.4, -0.2) is 35.0 Å². The minimum Gasteiger partial charge on any atom is -0.492 e. The van der Waals surface area contributed by atoms with Crippen LogP contribution in [0, 0.1) is 11.6 Å². The zero-order chi connectivity index (χ0) is 29.7. The molecule has 3 aromatic carbocycles. The Morgan fingerprint density at radius 1 is 1.05 bits per heavy atom. The van der Waals surface area contributed by atoms with Crippen LogP contribution in [0.15, 0.2) is 42.5 Å². The van der Waals surface area contributed by atoms with E-state index >= 15 is 0 Å². The molecule has 3 aromatic rings. The smallest absolute Gasteiger partial charge is 0.417 e. The van der Waals surface area contributed by atoms with Gasteiger partial charge < -0.3 is 24.4 Å². The van der Waals surface area contributed by atoms with Crippen molar-refractivity contribution in [2.24, 2.45) is 0 Å². The van der Waals surface area contributed by atoms with E-state index in [1.54, 1.807) is 18.2 Å². The molecule has 0 saturated heterocycles. The minimum atomic E-state index is -4.80. The molecule has 5 rings (SSSR count). The zero-order valence-corrected chi connectivity index (χ0v) is 22.1. The summed E-state index contributed by atoms with van der Waals surface area (Å²) in [7, 11) is 0. The number of fused-ring (bicyclic) bond motifs is 2. The number of hydrogen-bond acceptors (Lipinski definition) is 5. The molecule has 0 fully saturated rings. The van der Waals surface area contributed by atoms with Crippen molar-refractivity contribution in [3.63, 3.8) is 0 Å². The molecule has 6 nitrogen and oxygen atoms in total. The lowest BCUT2D eigenvalue weighted by Crippen LogP contribution is -2.28. The van der Waals surface area contributed by atoms with Gasteiger partial charge in [0.1, 0.15) is 24.2 Å².